The van der Waals surface area contributed by atoms with Gasteiger partial charge in [0.15, 0.2) is 5.13 Å². The van der Waals surface area contributed by atoms with Crippen LogP contribution in [0, 0.1) is 0 Å². The van der Waals surface area contributed by atoms with E-state index in [-0.39, 0.29) is 18.3 Å². The summed E-state index contributed by atoms with van der Waals surface area (Å²) in [5.74, 6) is 1.11. The molecule has 0 aliphatic carbocycles. The van der Waals surface area contributed by atoms with Crippen molar-refractivity contribution in [3.63, 3.8) is 0 Å². The van der Waals surface area contributed by atoms with Gasteiger partial charge >= 0.3 is 0 Å². The second kappa shape index (κ2) is 14.1. The van der Waals surface area contributed by atoms with E-state index < -0.39 is 0 Å². The van der Waals surface area contributed by atoms with E-state index >= 15 is 0 Å². The molecule has 0 bridgehead atoms. The van der Waals surface area contributed by atoms with Gasteiger partial charge in [0.05, 0.1) is 10.2 Å². The molecule has 0 atom stereocenters. The quantitative estimate of drug-likeness (QED) is 0.201. The summed E-state index contributed by atoms with van der Waals surface area (Å²) in [4.78, 5) is 24.8. The summed E-state index contributed by atoms with van der Waals surface area (Å²) >= 11 is 5.13. The first-order chi connectivity index (χ1) is 15.2. The highest BCUT2D eigenvalue weighted by Crippen LogP contribution is 2.34. The Hall–Kier alpha value is -1.25. The van der Waals surface area contributed by atoms with Crippen molar-refractivity contribution in [2.75, 3.05) is 43.1 Å². The van der Waals surface area contributed by atoms with Gasteiger partial charge in [-0.2, -0.15) is 0 Å². The van der Waals surface area contributed by atoms with E-state index in [2.05, 4.69) is 67.5 Å². The molecular weight excluding hydrogens is 478 g/mol. The average Bonchev–Trinajstić information content (AvgIpc) is 3.24. The monoisotopic (exact) mass is 509 g/mol. The summed E-state index contributed by atoms with van der Waals surface area (Å²) in [7, 11) is 0. The SMILES string of the molecule is CCN(CC)CCN(C(=O)CCCSc1ccccc1)c1nc2c(SC)cccc2s1.Cl. The van der Waals surface area contributed by atoms with Gasteiger partial charge in [-0.25, -0.2) is 4.98 Å². The Morgan fingerprint density at radius 2 is 1.78 bits per heavy atom. The molecule has 0 spiro atoms. The highest BCUT2D eigenvalue weighted by molar-refractivity contribution is 7.99. The number of carbonyl (C=O) groups is 1. The summed E-state index contributed by atoms with van der Waals surface area (Å²) in [6, 6.07) is 16.6. The first-order valence-electron chi connectivity index (χ1n) is 10.8. The molecule has 0 N–H and O–H groups in total. The van der Waals surface area contributed by atoms with Crippen LogP contribution in [0.4, 0.5) is 5.13 Å². The molecule has 32 heavy (non-hydrogen) atoms. The fraction of sp³-hybridized carbons (Fsp3) is 0.417. The minimum absolute atomic E-state index is 0. The van der Waals surface area contributed by atoms with E-state index in [4.69, 9.17) is 4.98 Å². The molecule has 0 saturated carbocycles. The standard InChI is InChI=1S/C24H31N3OS3.ClH/c1-4-26(5-2)16-17-27(22(28)15-10-18-30-19-11-7-6-8-12-19)24-25-23-20(29-3)13-9-14-21(23)31-24;/h6-9,11-14H,4-5,10,15-18H2,1-3H3;1H. The Bertz CT molecular complexity index is 964. The van der Waals surface area contributed by atoms with E-state index in [9.17, 15) is 4.79 Å². The van der Waals surface area contributed by atoms with E-state index in [1.54, 1.807) is 23.1 Å². The smallest absolute Gasteiger partial charge is 0.228 e. The zero-order valence-electron chi connectivity index (χ0n) is 19.0. The van der Waals surface area contributed by atoms with Crippen molar-refractivity contribution in [3.05, 3.63) is 48.5 Å². The van der Waals surface area contributed by atoms with Gasteiger partial charge in [0, 0.05) is 29.3 Å². The molecule has 0 radical (unpaired) electrons. The van der Waals surface area contributed by atoms with E-state index in [1.165, 1.54) is 4.90 Å². The molecule has 3 aromatic rings. The van der Waals surface area contributed by atoms with Crippen LogP contribution in [0.2, 0.25) is 0 Å². The predicted molar refractivity (Wildman–Crippen MR) is 145 cm³/mol. The number of rotatable bonds is 12. The Labute approximate surface area is 210 Å². The van der Waals surface area contributed by atoms with Gasteiger partial charge in [-0.05, 0) is 55.8 Å². The highest BCUT2D eigenvalue weighted by atomic mass is 35.5. The lowest BCUT2D eigenvalue weighted by Gasteiger charge is -2.24. The second-order valence-corrected chi connectivity index (χ2v) is 10.2. The number of fused-ring (bicyclic) bond motifs is 1. The van der Waals surface area contributed by atoms with Crippen molar-refractivity contribution in [1.82, 2.24) is 9.88 Å². The van der Waals surface area contributed by atoms with Crippen LogP contribution in [0.15, 0.2) is 58.3 Å². The van der Waals surface area contributed by atoms with Crippen molar-refractivity contribution in [2.45, 2.75) is 36.5 Å². The number of likely N-dealkylation sites (N-methyl/N-ethyl adjacent to an activating group) is 1. The first-order valence-corrected chi connectivity index (χ1v) is 13.8. The van der Waals surface area contributed by atoms with Gasteiger partial charge < -0.3 is 4.90 Å². The number of aromatic nitrogens is 1. The molecule has 1 heterocycles. The number of hydrogen-bond acceptors (Lipinski definition) is 6. The number of halogens is 1. The summed E-state index contributed by atoms with van der Waals surface area (Å²) in [5, 5.41) is 0.823. The van der Waals surface area contributed by atoms with Crippen molar-refractivity contribution < 1.29 is 4.79 Å². The molecule has 0 saturated heterocycles. The van der Waals surface area contributed by atoms with Crippen molar-refractivity contribution in [3.8, 4) is 0 Å². The normalized spacial score (nSPS) is 11.0. The number of para-hydroxylation sites is 1. The zero-order valence-corrected chi connectivity index (χ0v) is 22.2. The Morgan fingerprint density at radius 1 is 1.03 bits per heavy atom. The largest absolute Gasteiger partial charge is 0.302 e. The molecular formula is C24H32ClN3OS3. The lowest BCUT2D eigenvalue weighted by atomic mass is 10.3. The van der Waals surface area contributed by atoms with Gasteiger partial charge in [0.1, 0.15) is 0 Å². The summed E-state index contributed by atoms with van der Waals surface area (Å²) < 4.78 is 1.14. The molecule has 0 fully saturated rings. The Kier molecular flexibility index (Phi) is 11.9. The topological polar surface area (TPSA) is 36.4 Å². The molecule has 1 amide bonds. The number of nitrogens with zero attached hydrogens (tertiary/aromatic N) is 3. The molecule has 8 heteroatoms. The van der Waals surface area contributed by atoms with Crippen LogP contribution >= 0.6 is 47.3 Å². The number of thioether (sulfide) groups is 2. The number of benzene rings is 2. The number of hydrogen-bond donors (Lipinski definition) is 0. The molecule has 0 aliphatic rings. The predicted octanol–water partition coefficient (Wildman–Crippen LogP) is 6.69. The van der Waals surface area contributed by atoms with E-state index in [1.807, 2.05) is 22.7 Å². The van der Waals surface area contributed by atoms with Crippen LogP contribution in [0.5, 0.6) is 0 Å². The van der Waals surface area contributed by atoms with Crippen LogP contribution in [-0.2, 0) is 4.79 Å². The maximum absolute atomic E-state index is 13.2. The third-order valence-electron chi connectivity index (χ3n) is 5.20. The third-order valence-corrected chi connectivity index (χ3v) is 8.11. The summed E-state index contributed by atoms with van der Waals surface area (Å²) in [5.41, 5.74) is 1.01. The second-order valence-electron chi connectivity index (χ2n) is 7.14. The average molecular weight is 510 g/mol. The molecule has 1 aromatic heterocycles. The highest BCUT2D eigenvalue weighted by Gasteiger charge is 2.21. The van der Waals surface area contributed by atoms with Crippen LogP contribution in [0.25, 0.3) is 10.2 Å². The lowest BCUT2D eigenvalue weighted by Crippen LogP contribution is -2.38. The minimum Gasteiger partial charge on any atom is -0.302 e. The van der Waals surface area contributed by atoms with E-state index in [0.29, 0.717) is 13.0 Å². The third kappa shape index (κ3) is 7.39. The lowest BCUT2D eigenvalue weighted by molar-refractivity contribution is -0.118. The Morgan fingerprint density at radius 3 is 2.47 bits per heavy atom. The number of thiazole rings is 1. The number of anilines is 1. The first kappa shape index (κ1) is 27.0. The molecule has 174 valence electrons. The van der Waals surface area contributed by atoms with Crippen LogP contribution in [0.3, 0.4) is 0 Å². The molecule has 3 rings (SSSR count). The Balaban J connectivity index is 0.00000363. The molecule has 0 unspecified atom stereocenters. The molecule has 2 aromatic carbocycles. The van der Waals surface area contributed by atoms with Crippen LogP contribution in [0.1, 0.15) is 26.7 Å². The van der Waals surface area contributed by atoms with Gasteiger partial charge in [-0.3, -0.25) is 9.69 Å². The van der Waals surface area contributed by atoms with Crippen LogP contribution < -0.4 is 4.90 Å². The zero-order chi connectivity index (χ0) is 22.1. The van der Waals surface area contributed by atoms with Gasteiger partial charge in [0.25, 0.3) is 0 Å². The van der Waals surface area contributed by atoms with Crippen molar-refractivity contribution in [1.29, 1.82) is 0 Å². The minimum atomic E-state index is 0. The van der Waals surface area contributed by atoms with Gasteiger partial charge in [0.2, 0.25) is 5.91 Å². The summed E-state index contributed by atoms with van der Waals surface area (Å²) in [6.07, 6.45) is 3.48. The van der Waals surface area contributed by atoms with E-state index in [0.717, 1.165) is 52.1 Å². The fourth-order valence-corrected chi connectivity index (χ4v) is 5.90. The maximum atomic E-state index is 13.2. The van der Waals surface area contributed by atoms with Crippen LogP contribution in [-0.4, -0.2) is 54.0 Å². The number of amides is 1. The molecule has 0 aliphatic heterocycles. The van der Waals surface area contributed by atoms with Crippen molar-refractivity contribution >= 4 is 68.5 Å². The number of carbonyl (C=O) groups excluding carboxylic acids is 1. The summed E-state index contributed by atoms with van der Waals surface area (Å²) in [6.45, 7) is 7.85. The van der Waals surface area contributed by atoms with Gasteiger partial charge in [-0.1, -0.05) is 49.4 Å². The molecule has 4 nitrogen and oxygen atoms in total. The van der Waals surface area contributed by atoms with Crippen molar-refractivity contribution in [2.24, 2.45) is 0 Å². The fourth-order valence-electron chi connectivity index (χ4n) is 3.37. The maximum Gasteiger partial charge on any atom is 0.228 e. The van der Waals surface area contributed by atoms with Gasteiger partial charge in [-0.15, -0.1) is 35.9 Å².